The van der Waals surface area contributed by atoms with Crippen LogP contribution in [0.5, 0.6) is 17.2 Å². The molecule has 0 aliphatic heterocycles. The van der Waals surface area contributed by atoms with Crippen LogP contribution < -0.4 is 9.47 Å². The van der Waals surface area contributed by atoms with Crippen molar-refractivity contribution < 1.29 is 19.4 Å². The number of halogens is 1. The van der Waals surface area contributed by atoms with Gasteiger partial charge in [-0.3, -0.25) is 0 Å². The van der Waals surface area contributed by atoms with Crippen LogP contribution >= 0.6 is 11.6 Å². The summed E-state index contributed by atoms with van der Waals surface area (Å²) in [6.45, 7) is 5.86. The standard InChI is InChI=1S/C24H23ClO4/c1-15-11-16(2)17(3)22(12-15)29-23(24(26)27)14-18-13-19(25)9-10-21(18)28-20-7-5-4-6-8-20/h4-13,23H,14H2,1-3H3,(H,26,27). The largest absolute Gasteiger partial charge is 0.478 e. The van der Waals surface area contributed by atoms with E-state index in [0.29, 0.717) is 27.8 Å². The molecule has 0 aliphatic carbocycles. The Morgan fingerprint density at radius 3 is 2.41 bits per heavy atom. The fourth-order valence-electron chi connectivity index (χ4n) is 3.08. The summed E-state index contributed by atoms with van der Waals surface area (Å²) in [5.74, 6) is 0.735. The molecule has 5 heteroatoms. The van der Waals surface area contributed by atoms with Gasteiger partial charge in [0.1, 0.15) is 17.2 Å². The Morgan fingerprint density at radius 2 is 1.72 bits per heavy atom. The van der Waals surface area contributed by atoms with Crippen molar-refractivity contribution in [2.75, 3.05) is 0 Å². The van der Waals surface area contributed by atoms with E-state index in [4.69, 9.17) is 21.1 Å². The quantitative estimate of drug-likeness (QED) is 0.508. The van der Waals surface area contributed by atoms with Gasteiger partial charge < -0.3 is 14.6 Å². The van der Waals surface area contributed by atoms with E-state index in [0.717, 1.165) is 16.7 Å². The van der Waals surface area contributed by atoms with Crippen molar-refractivity contribution in [3.05, 3.63) is 87.9 Å². The van der Waals surface area contributed by atoms with Crippen LogP contribution in [0.25, 0.3) is 0 Å². The molecule has 0 fully saturated rings. The number of aryl methyl sites for hydroxylation is 2. The van der Waals surface area contributed by atoms with E-state index in [1.165, 1.54) is 0 Å². The summed E-state index contributed by atoms with van der Waals surface area (Å²) in [4.78, 5) is 11.9. The van der Waals surface area contributed by atoms with Crippen LogP contribution in [0.15, 0.2) is 60.7 Å². The summed E-state index contributed by atoms with van der Waals surface area (Å²) in [5, 5.41) is 10.3. The van der Waals surface area contributed by atoms with Gasteiger partial charge in [-0.05, 0) is 73.9 Å². The lowest BCUT2D eigenvalue weighted by Gasteiger charge is -2.20. The lowest BCUT2D eigenvalue weighted by molar-refractivity contribution is -0.145. The first-order valence-corrected chi connectivity index (χ1v) is 9.70. The monoisotopic (exact) mass is 410 g/mol. The molecule has 3 rings (SSSR count). The van der Waals surface area contributed by atoms with Crippen molar-refractivity contribution in [3.8, 4) is 17.2 Å². The predicted octanol–water partition coefficient (Wildman–Crippen LogP) is 6.13. The second-order valence-corrected chi connectivity index (χ2v) is 7.46. The van der Waals surface area contributed by atoms with Gasteiger partial charge in [-0.1, -0.05) is 35.9 Å². The van der Waals surface area contributed by atoms with Crippen LogP contribution in [0, 0.1) is 20.8 Å². The minimum Gasteiger partial charge on any atom is -0.478 e. The van der Waals surface area contributed by atoms with Gasteiger partial charge in [0.25, 0.3) is 0 Å². The average molecular weight is 411 g/mol. The minimum absolute atomic E-state index is 0.116. The van der Waals surface area contributed by atoms with Crippen LogP contribution in [0.2, 0.25) is 5.02 Å². The van der Waals surface area contributed by atoms with Crippen molar-refractivity contribution in [1.29, 1.82) is 0 Å². The number of para-hydroxylation sites is 1. The van der Waals surface area contributed by atoms with E-state index in [1.807, 2.05) is 63.2 Å². The van der Waals surface area contributed by atoms with Crippen LogP contribution in [-0.2, 0) is 11.2 Å². The van der Waals surface area contributed by atoms with Gasteiger partial charge >= 0.3 is 5.97 Å². The maximum atomic E-state index is 11.9. The zero-order chi connectivity index (χ0) is 21.0. The van der Waals surface area contributed by atoms with Gasteiger partial charge in [0, 0.05) is 17.0 Å². The second kappa shape index (κ2) is 9.01. The molecule has 0 saturated heterocycles. The highest BCUT2D eigenvalue weighted by atomic mass is 35.5. The molecule has 0 spiro atoms. The zero-order valence-electron chi connectivity index (χ0n) is 16.6. The van der Waals surface area contributed by atoms with Gasteiger partial charge in [0.05, 0.1) is 0 Å². The molecule has 150 valence electrons. The van der Waals surface area contributed by atoms with Crippen molar-refractivity contribution in [2.45, 2.75) is 33.3 Å². The highest BCUT2D eigenvalue weighted by Gasteiger charge is 2.23. The molecule has 0 radical (unpaired) electrons. The van der Waals surface area contributed by atoms with Crippen LogP contribution in [0.4, 0.5) is 0 Å². The lowest BCUT2D eigenvalue weighted by Crippen LogP contribution is -2.30. The van der Waals surface area contributed by atoms with Gasteiger partial charge in [0.2, 0.25) is 0 Å². The van der Waals surface area contributed by atoms with E-state index in [-0.39, 0.29) is 6.42 Å². The van der Waals surface area contributed by atoms with E-state index >= 15 is 0 Å². The Labute approximate surface area is 175 Å². The molecule has 1 N–H and O–H groups in total. The Morgan fingerprint density at radius 1 is 1.00 bits per heavy atom. The molecule has 0 heterocycles. The highest BCUT2D eigenvalue weighted by molar-refractivity contribution is 6.30. The van der Waals surface area contributed by atoms with Gasteiger partial charge in [-0.25, -0.2) is 4.79 Å². The highest BCUT2D eigenvalue weighted by Crippen LogP contribution is 2.30. The molecule has 0 aliphatic rings. The number of ether oxygens (including phenoxy) is 2. The molecule has 0 aromatic heterocycles. The summed E-state index contributed by atoms with van der Waals surface area (Å²) >= 11 is 6.17. The van der Waals surface area contributed by atoms with E-state index in [9.17, 15) is 9.90 Å². The zero-order valence-corrected chi connectivity index (χ0v) is 17.4. The molecular weight excluding hydrogens is 388 g/mol. The van der Waals surface area contributed by atoms with E-state index in [1.54, 1.807) is 18.2 Å². The number of carboxylic acids is 1. The summed E-state index contributed by atoms with van der Waals surface area (Å²) < 4.78 is 11.9. The third-order valence-corrected chi connectivity index (χ3v) is 4.94. The maximum absolute atomic E-state index is 11.9. The molecule has 0 bridgehead atoms. The molecule has 4 nitrogen and oxygen atoms in total. The molecule has 0 amide bonds. The first-order valence-electron chi connectivity index (χ1n) is 9.32. The Hall–Kier alpha value is -2.98. The summed E-state index contributed by atoms with van der Waals surface area (Å²) in [6.07, 6.45) is -0.962. The molecule has 0 saturated carbocycles. The smallest absolute Gasteiger partial charge is 0.345 e. The normalized spacial score (nSPS) is 11.7. The van der Waals surface area contributed by atoms with Crippen LogP contribution in [0.1, 0.15) is 22.3 Å². The number of carboxylic acid groups (broad SMARTS) is 1. The fraction of sp³-hybridized carbons (Fsp3) is 0.208. The Bertz CT molecular complexity index is 1010. The predicted molar refractivity (Wildman–Crippen MR) is 114 cm³/mol. The fourth-order valence-corrected chi connectivity index (χ4v) is 3.27. The molecule has 3 aromatic carbocycles. The Balaban J connectivity index is 1.89. The minimum atomic E-state index is -1.08. The van der Waals surface area contributed by atoms with Crippen molar-refractivity contribution >= 4 is 17.6 Å². The van der Waals surface area contributed by atoms with Gasteiger partial charge in [0.15, 0.2) is 6.10 Å². The summed E-state index contributed by atoms with van der Waals surface area (Å²) in [7, 11) is 0. The van der Waals surface area contributed by atoms with E-state index < -0.39 is 12.1 Å². The van der Waals surface area contributed by atoms with Crippen molar-refractivity contribution in [2.24, 2.45) is 0 Å². The first-order chi connectivity index (χ1) is 13.8. The molecule has 29 heavy (non-hydrogen) atoms. The second-order valence-electron chi connectivity index (χ2n) is 7.02. The average Bonchev–Trinajstić information content (AvgIpc) is 2.68. The number of hydrogen-bond donors (Lipinski definition) is 1. The number of benzene rings is 3. The van der Waals surface area contributed by atoms with Crippen LogP contribution in [0.3, 0.4) is 0 Å². The third-order valence-electron chi connectivity index (χ3n) is 4.71. The van der Waals surface area contributed by atoms with Crippen molar-refractivity contribution in [3.63, 3.8) is 0 Å². The van der Waals surface area contributed by atoms with E-state index in [2.05, 4.69) is 0 Å². The third kappa shape index (κ3) is 5.30. The van der Waals surface area contributed by atoms with Gasteiger partial charge in [-0.2, -0.15) is 0 Å². The molecule has 1 atom stereocenters. The molecular formula is C24H23ClO4. The summed E-state index contributed by atoms with van der Waals surface area (Å²) in [6, 6.07) is 18.4. The first kappa shape index (κ1) is 20.7. The molecule has 3 aromatic rings. The molecule has 1 unspecified atom stereocenters. The van der Waals surface area contributed by atoms with Crippen LogP contribution in [-0.4, -0.2) is 17.2 Å². The SMILES string of the molecule is Cc1cc(C)c(C)c(OC(Cc2cc(Cl)ccc2Oc2ccccc2)C(=O)O)c1. The topological polar surface area (TPSA) is 55.8 Å². The van der Waals surface area contributed by atoms with Crippen molar-refractivity contribution in [1.82, 2.24) is 0 Å². The number of carbonyl (C=O) groups is 1. The maximum Gasteiger partial charge on any atom is 0.345 e. The number of rotatable bonds is 7. The Kier molecular flexibility index (Phi) is 6.45. The summed E-state index contributed by atoms with van der Waals surface area (Å²) in [5.41, 5.74) is 3.66. The van der Waals surface area contributed by atoms with Gasteiger partial charge in [-0.15, -0.1) is 0 Å². The number of aliphatic carboxylic acids is 1. The number of hydrogen-bond acceptors (Lipinski definition) is 3. The lowest BCUT2D eigenvalue weighted by atomic mass is 10.0.